The highest BCUT2D eigenvalue weighted by atomic mass is 16.4. The van der Waals surface area contributed by atoms with Gasteiger partial charge in [0.25, 0.3) is 5.96 Å². The van der Waals surface area contributed by atoms with Gasteiger partial charge in [0, 0.05) is 5.92 Å². The lowest BCUT2D eigenvalue weighted by Crippen LogP contribution is -2.50. The molecule has 0 aliphatic carbocycles. The number of carbonyl (C=O) groups is 3. The molecule has 0 aromatic heterocycles. The van der Waals surface area contributed by atoms with Crippen LogP contribution in [0.4, 0.5) is 0 Å². The van der Waals surface area contributed by atoms with Crippen LogP contribution in [0.3, 0.4) is 0 Å². The number of hydrogen-bond acceptors (Lipinski definition) is 4. The van der Waals surface area contributed by atoms with Gasteiger partial charge in [-0.2, -0.15) is 0 Å². The average Bonchev–Trinajstić information content (AvgIpc) is 2.36. The maximum Gasteiger partial charge on any atom is 0.305 e. The van der Waals surface area contributed by atoms with Crippen LogP contribution in [0.25, 0.3) is 0 Å². The molecule has 9 heteroatoms. The van der Waals surface area contributed by atoms with Crippen LogP contribution in [0.5, 0.6) is 0 Å². The van der Waals surface area contributed by atoms with Gasteiger partial charge in [0.1, 0.15) is 6.04 Å². The molecule has 0 unspecified atom stereocenters. The van der Waals surface area contributed by atoms with E-state index in [0.29, 0.717) is 19.4 Å². The number of nitrogens with zero attached hydrogens (tertiary/aromatic N) is 1. The largest absolute Gasteiger partial charge is 0.481 e. The highest BCUT2D eigenvalue weighted by Gasteiger charge is 2.25. The highest BCUT2D eigenvalue weighted by molar-refractivity contribution is 5.90. The van der Waals surface area contributed by atoms with Crippen molar-refractivity contribution in [3.8, 4) is 0 Å². The predicted molar refractivity (Wildman–Crippen MR) is 80.7 cm³/mol. The summed E-state index contributed by atoms with van der Waals surface area (Å²) < 4.78 is 0.233. The van der Waals surface area contributed by atoms with E-state index in [4.69, 9.17) is 22.0 Å². The molecule has 0 fully saturated rings. The second kappa shape index (κ2) is 8.32. The van der Waals surface area contributed by atoms with Crippen molar-refractivity contribution in [2.24, 2.45) is 17.4 Å². The number of guanidine groups is 1. The quantitative estimate of drug-likeness (QED) is 0.205. The molecule has 2 amide bonds. The number of carbonyl (C=O) groups excluding carboxylic acids is 2. The van der Waals surface area contributed by atoms with Crippen molar-refractivity contribution in [2.75, 3.05) is 20.6 Å². The fourth-order valence-electron chi connectivity index (χ4n) is 1.76. The lowest BCUT2D eigenvalue weighted by Gasteiger charge is -2.27. The van der Waals surface area contributed by atoms with Gasteiger partial charge in [-0.3, -0.25) is 18.9 Å². The van der Waals surface area contributed by atoms with Crippen molar-refractivity contribution in [3.05, 3.63) is 0 Å². The number of carboxylic acids is 1. The Bertz CT molecular complexity index is 450. The molecule has 0 radical (unpaired) electrons. The Morgan fingerprint density at radius 2 is 1.82 bits per heavy atom. The average molecular weight is 316 g/mol. The molecular formula is C13H26N5O4+. The van der Waals surface area contributed by atoms with Crippen molar-refractivity contribution in [2.45, 2.75) is 32.2 Å². The summed E-state index contributed by atoms with van der Waals surface area (Å²) in [4.78, 5) is 33.7. The van der Waals surface area contributed by atoms with E-state index in [1.165, 1.54) is 0 Å². The Morgan fingerprint density at radius 3 is 2.23 bits per heavy atom. The molecular weight excluding hydrogens is 290 g/mol. The number of amides is 2. The van der Waals surface area contributed by atoms with E-state index in [1.807, 2.05) is 0 Å². The van der Waals surface area contributed by atoms with Gasteiger partial charge in [0.05, 0.1) is 27.1 Å². The maximum absolute atomic E-state index is 11.9. The van der Waals surface area contributed by atoms with Crippen LogP contribution >= 0.6 is 0 Å². The Balaban J connectivity index is 4.39. The zero-order chi connectivity index (χ0) is 17.5. The standard InChI is InChI=1S/C13H25N5O4/c1-8(5-4-6-18(2,3)13(15)16)12(22)17-9(11(14)21)7-10(19)20/h8-9H,4-7H2,1-3H3,(H6-,14,15,16,17,19,20,21,22)/p+1/t8-,9-/m0/s1. The molecule has 9 nitrogen and oxygen atoms in total. The zero-order valence-corrected chi connectivity index (χ0v) is 13.3. The first-order chi connectivity index (χ1) is 9.97. The fraction of sp³-hybridized carbons (Fsp3) is 0.692. The van der Waals surface area contributed by atoms with Crippen molar-refractivity contribution in [1.29, 1.82) is 5.41 Å². The summed E-state index contributed by atoms with van der Waals surface area (Å²) in [6.45, 7) is 2.28. The third-order valence-corrected chi connectivity index (χ3v) is 3.49. The van der Waals surface area contributed by atoms with Crippen molar-refractivity contribution in [1.82, 2.24) is 5.32 Å². The molecule has 0 aliphatic heterocycles. The normalized spacial score (nSPS) is 14.0. The summed E-state index contributed by atoms with van der Waals surface area (Å²) in [6, 6.07) is -1.21. The Morgan fingerprint density at radius 1 is 1.27 bits per heavy atom. The number of primary amides is 1. The Labute approximate surface area is 129 Å². The topological polar surface area (TPSA) is 159 Å². The van der Waals surface area contributed by atoms with E-state index in [2.05, 4.69) is 5.32 Å². The molecule has 0 bridgehead atoms. The molecule has 0 aromatic rings. The Hall–Kier alpha value is -2.16. The molecule has 0 heterocycles. The van der Waals surface area contributed by atoms with Gasteiger partial charge in [0.15, 0.2) is 0 Å². The van der Waals surface area contributed by atoms with Crippen molar-refractivity contribution in [3.63, 3.8) is 0 Å². The van der Waals surface area contributed by atoms with Crippen molar-refractivity contribution < 1.29 is 24.0 Å². The van der Waals surface area contributed by atoms with Crippen LogP contribution in [-0.4, -0.2) is 60.0 Å². The van der Waals surface area contributed by atoms with Gasteiger partial charge in [0.2, 0.25) is 11.8 Å². The lowest BCUT2D eigenvalue weighted by molar-refractivity contribution is -0.801. The van der Waals surface area contributed by atoms with E-state index in [0.717, 1.165) is 0 Å². The van der Waals surface area contributed by atoms with Gasteiger partial charge >= 0.3 is 5.97 Å². The minimum Gasteiger partial charge on any atom is -0.481 e. The molecule has 0 aromatic carbocycles. The molecule has 0 aliphatic rings. The molecule has 0 saturated heterocycles. The van der Waals surface area contributed by atoms with E-state index in [-0.39, 0.29) is 10.4 Å². The highest BCUT2D eigenvalue weighted by Crippen LogP contribution is 2.09. The number of nitrogens with two attached hydrogens (primary N) is 2. The molecule has 7 N–H and O–H groups in total. The summed E-state index contributed by atoms with van der Waals surface area (Å²) in [5.74, 6) is -2.87. The van der Waals surface area contributed by atoms with E-state index in [9.17, 15) is 14.4 Å². The minimum atomic E-state index is -1.21. The SMILES string of the molecule is C[C@@H](CCC[N+](C)(C)C(=N)N)C(=O)N[C@@H](CC(=O)O)C(N)=O. The Kier molecular flexibility index (Phi) is 7.51. The van der Waals surface area contributed by atoms with Crippen LogP contribution in [0.15, 0.2) is 0 Å². The number of hydrogen-bond donors (Lipinski definition) is 5. The van der Waals surface area contributed by atoms with Crippen LogP contribution in [0.1, 0.15) is 26.2 Å². The molecule has 0 spiro atoms. The van der Waals surface area contributed by atoms with Gasteiger partial charge in [-0.25, -0.2) is 5.41 Å². The first-order valence-corrected chi connectivity index (χ1v) is 6.96. The summed E-state index contributed by atoms with van der Waals surface area (Å²) in [6.07, 6.45) is 0.642. The summed E-state index contributed by atoms with van der Waals surface area (Å²) >= 11 is 0. The first kappa shape index (κ1) is 19.8. The monoisotopic (exact) mass is 316 g/mol. The zero-order valence-electron chi connectivity index (χ0n) is 13.3. The van der Waals surface area contributed by atoms with E-state index in [1.54, 1.807) is 21.0 Å². The third-order valence-electron chi connectivity index (χ3n) is 3.49. The van der Waals surface area contributed by atoms with Crippen LogP contribution in [0.2, 0.25) is 0 Å². The molecule has 2 atom stereocenters. The number of quaternary nitrogens is 1. The fourth-order valence-corrected chi connectivity index (χ4v) is 1.76. The molecule has 0 rings (SSSR count). The van der Waals surface area contributed by atoms with Crippen LogP contribution < -0.4 is 16.8 Å². The van der Waals surface area contributed by atoms with Gasteiger partial charge in [-0.15, -0.1) is 0 Å². The lowest BCUT2D eigenvalue weighted by atomic mass is 10.0. The van der Waals surface area contributed by atoms with E-state index >= 15 is 0 Å². The number of nitrogens with one attached hydrogen (secondary N) is 2. The maximum atomic E-state index is 11.9. The van der Waals surface area contributed by atoms with Gasteiger partial charge in [-0.1, -0.05) is 6.92 Å². The van der Waals surface area contributed by atoms with Crippen LogP contribution in [-0.2, 0) is 14.4 Å². The number of aliphatic carboxylic acids is 1. The number of rotatable bonds is 9. The van der Waals surface area contributed by atoms with Gasteiger partial charge < -0.3 is 21.9 Å². The predicted octanol–water partition coefficient (Wildman–Crippen LogP) is -1.18. The molecule has 126 valence electrons. The van der Waals surface area contributed by atoms with Gasteiger partial charge in [-0.05, 0) is 12.8 Å². The van der Waals surface area contributed by atoms with Crippen LogP contribution in [0, 0.1) is 11.3 Å². The second-order valence-electron chi connectivity index (χ2n) is 5.90. The number of carboxylic acid groups (broad SMARTS) is 1. The third kappa shape index (κ3) is 7.02. The molecule has 0 saturated carbocycles. The minimum absolute atomic E-state index is 0.0346. The summed E-state index contributed by atoms with van der Waals surface area (Å²) in [7, 11) is 3.59. The summed E-state index contributed by atoms with van der Waals surface area (Å²) in [5.41, 5.74) is 10.5. The molecule has 22 heavy (non-hydrogen) atoms. The second-order valence-corrected chi connectivity index (χ2v) is 5.90. The van der Waals surface area contributed by atoms with Crippen molar-refractivity contribution >= 4 is 23.7 Å². The smallest absolute Gasteiger partial charge is 0.305 e. The van der Waals surface area contributed by atoms with E-state index < -0.39 is 36.2 Å². The summed E-state index contributed by atoms with van der Waals surface area (Å²) in [5, 5.41) is 18.5. The first-order valence-electron chi connectivity index (χ1n) is 6.96.